The van der Waals surface area contributed by atoms with Gasteiger partial charge < -0.3 is 14.9 Å². The van der Waals surface area contributed by atoms with Crippen molar-refractivity contribution in [2.45, 2.75) is 39.5 Å². The SMILES string of the molecule is CC(C)(C)NCc1c(Br)noc1CO. The van der Waals surface area contributed by atoms with Crippen LogP contribution in [0.15, 0.2) is 9.13 Å². The van der Waals surface area contributed by atoms with Gasteiger partial charge in [0.2, 0.25) is 0 Å². The summed E-state index contributed by atoms with van der Waals surface area (Å²) in [5.41, 5.74) is 0.908. The van der Waals surface area contributed by atoms with Crippen molar-refractivity contribution in [3.63, 3.8) is 0 Å². The van der Waals surface area contributed by atoms with Crippen molar-refractivity contribution < 1.29 is 9.63 Å². The predicted molar refractivity (Wildman–Crippen MR) is 56.7 cm³/mol. The summed E-state index contributed by atoms with van der Waals surface area (Å²) >= 11 is 3.27. The second-order valence-electron chi connectivity index (χ2n) is 4.14. The monoisotopic (exact) mass is 262 g/mol. The molecule has 0 unspecified atom stereocenters. The van der Waals surface area contributed by atoms with Crippen molar-refractivity contribution in [3.05, 3.63) is 15.9 Å². The fraction of sp³-hybridized carbons (Fsp3) is 0.667. The van der Waals surface area contributed by atoms with Gasteiger partial charge in [-0.2, -0.15) is 0 Å². The first-order chi connectivity index (χ1) is 6.44. The number of rotatable bonds is 3. The average Bonchev–Trinajstić information content (AvgIpc) is 2.41. The van der Waals surface area contributed by atoms with Crippen molar-refractivity contribution in [2.75, 3.05) is 0 Å². The summed E-state index contributed by atoms with van der Waals surface area (Å²) in [4.78, 5) is 0. The quantitative estimate of drug-likeness (QED) is 0.873. The molecule has 0 fully saturated rings. The number of hydrogen-bond donors (Lipinski definition) is 2. The summed E-state index contributed by atoms with van der Waals surface area (Å²) in [5, 5.41) is 16.0. The van der Waals surface area contributed by atoms with Crippen molar-refractivity contribution in [1.29, 1.82) is 0 Å². The molecule has 0 amide bonds. The van der Waals surface area contributed by atoms with Crippen molar-refractivity contribution in [2.24, 2.45) is 0 Å². The van der Waals surface area contributed by atoms with Gasteiger partial charge in [0.15, 0.2) is 10.4 Å². The van der Waals surface area contributed by atoms with Crippen LogP contribution in [0, 0.1) is 0 Å². The number of nitrogens with zero attached hydrogens (tertiary/aromatic N) is 1. The highest BCUT2D eigenvalue weighted by molar-refractivity contribution is 9.10. The number of aliphatic hydroxyl groups is 1. The van der Waals surface area contributed by atoms with Gasteiger partial charge in [0, 0.05) is 17.6 Å². The molecule has 1 heterocycles. The normalized spacial score (nSPS) is 12.1. The van der Waals surface area contributed by atoms with Gasteiger partial charge in [0.1, 0.15) is 6.61 Å². The summed E-state index contributed by atoms with van der Waals surface area (Å²) in [6.07, 6.45) is 0. The third-order valence-electron chi connectivity index (χ3n) is 1.76. The van der Waals surface area contributed by atoms with E-state index in [0.29, 0.717) is 16.9 Å². The van der Waals surface area contributed by atoms with E-state index in [1.165, 1.54) is 0 Å². The second kappa shape index (κ2) is 4.42. The first kappa shape index (κ1) is 11.7. The molecule has 0 aliphatic rings. The molecule has 14 heavy (non-hydrogen) atoms. The molecule has 0 saturated carbocycles. The van der Waals surface area contributed by atoms with Crippen molar-refractivity contribution in [1.82, 2.24) is 10.5 Å². The van der Waals surface area contributed by atoms with Gasteiger partial charge in [0.25, 0.3) is 0 Å². The Bertz CT molecular complexity index is 304. The van der Waals surface area contributed by atoms with Gasteiger partial charge in [0.05, 0.1) is 0 Å². The molecular weight excluding hydrogens is 248 g/mol. The van der Waals surface area contributed by atoms with Gasteiger partial charge in [-0.1, -0.05) is 5.16 Å². The minimum absolute atomic E-state index is 0.0312. The van der Waals surface area contributed by atoms with Crippen LogP contribution < -0.4 is 5.32 Å². The van der Waals surface area contributed by atoms with Gasteiger partial charge in [-0.25, -0.2) is 0 Å². The molecule has 1 aromatic rings. The third-order valence-corrected chi connectivity index (χ3v) is 2.38. The molecule has 1 aromatic heterocycles. The molecule has 0 radical (unpaired) electrons. The van der Waals surface area contributed by atoms with Crippen LogP contribution in [0.5, 0.6) is 0 Å². The van der Waals surface area contributed by atoms with E-state index in [1.807, 2.05) is 0 Å². The van der Waals surface area contributed by atoms with Crippen molar-refractivity contribution >= 4 is 15.9 Å². The molecule has 80 valence electrons. The Morgan fingerprint density at radius 1 is 1.50 bits per heavy atom. The molecule has 1 rings (SSSR count). The number of aromatic nitrogens is 1. The molecule has 0 saturated heterocycles. The Labute approximate surface area is 91.8 Å². The number of nitrogens with one attached hydrogen (secondary N) is 1. The lowest BCUT2D eigenvalue weighted by atomic mass is 10.1. The maximum atomic E-state index is 8.98. The zero-order valence-electron chi connectivity index (χ0n) is 8.59. The third kappa shape index (κ3) is 3.08. The first-order valence-electron chi connectivity index (χ1n) is 4.43. The van der Waals surface area contributed by atoms with Crippen molar-refractivity contribution in [3.8, 4) is 0 Å². The molecule has 0 bridgehead atoms. The highest BCUT2D eigenvalue weighted by atomic mass is 79.9. The Kier molecular flexibility index (Phi) is 3.69. The predicted octanol–water partition coefficient (Wildman–Crippen LogP) is 1.82. The Morgan fingerprint density at radius 3 is 2.64 bits per heavy atom. The molecule has 0 spiro atoms. The van der Waals surface area contributed by atoms with Crippen LogP contribution in [-0.2, 0) is 13.2 Å². The van der Waals surface area contributed by atoms with E-state index in [2.05, 4.69) is 47.2 Å². The maximum absolute atomic E-state index is 8.98. The largest absolute Gasteiger partial charge is 0.388 e. The van der Waals surface area contributed by atoms with Crippen LogP contribution in [0.3, 0.4) is 0 Å². The van der Waals surface area contributed by atoms with E-state index in [0.717, 1.165) is 5.56 Å². The van der Waals surface area contributed by atoms with Crippen LogP contribution in [0.1, 0.15) is 32.1 Å². The zero-order chi connectivity index (χ0) is 10.8. The topological polar surface area (TPSA) is 58.3 Å². The highest BCUT2D eigenvalue weighted by Gasteiger charge is 2.16. The van der Waals surface area contributed by atoms with E-state index >= 15 is 0 Å². The molecular formula is C9H15BrN2O2. The molecule has 5 heteroatoms. The fourth-order valence-electron chi connectivity index (χ4n) is 0.970. The van der Waals surface area contributed by atoms with E-state index in [9.17, 15) is 0 Å². The van der Waals surface area contributed by atoms with Crippen LogP contribution in [0.2, 0.25) is 0 Å². The van der Waals surface area contributed by atoms with E-state index in [1.54, 1.807) is 0 Å². The smallest absolute Gasteiger partial charge is 0.167 e. The minimum Gasteiger partial charge on any atom is -0.388 e. The summed E-state index contributed by atoms with van der Waals surface area (Å²) in [6, 6.07) is 0. The molecule has 4 nitrogen and oxygen atoms in total. The molecule has 0 atom stereocenters. The summed E-state index contributed by atoms with van der Waals surface area (Å²) in [6.45, 7) is 6.73. The summed E-state index contributed by atoms with van der Waals surface area (Å²) in [7, 11) is 0. The fourth-order valence-corrected chi connectivity index (χ4v) is 1.40. The summed E-state index contributed by atoms with van der Waals surface area (Å²) in [5.74, 6) is 0.508. The number of hydrogen-bond acceptors (Lipinski definition) is 4. The summed E-state index contributed by atoms with van der Waals surface area (Å²) < 4.78 is 5.57. The van der Waals surface area contributed by atoms with Crippen LogP contribution in [-0.4, -0.2) is 15.8 Å². The standard InChI is InChI=1S/C9H15BrN2O2/c1-9(2,3)11-4-6-7(5-13)14-12-8(6)10/h11,13H,4-5H2,1-3H3. The van der Waals surface area contributed by atoms with Crippen LogP contribution in [0.25, 0.3) is 0 Å². The highest BCUT2D eigenvalue weighted by Crippen LogP contribution is 2.20. The van der Waals surface area contributed by atoms with Gasteiger partial charge >= 0.3 is 0 Å². The lowest BCUT2D eigenvalue weighted by molar-refractivity contribution is 0.226. The van der Waals surface area contributed by atoms with Gasteiger partial charge in [-0.15, -0.1) is 0 Å². The molecule has 2 N–H and O–H groups in total. The lowest BCUT2D eigenvalue weighted by Gasteiger charge is -2.20. The lowest BCUT2D eigenvalue weighted by Crippen LogP contribution is -2.35. The molecule has 0 aliphatic carbocycles. The Balaban J connectivity index is 2.70. The van der Waals surface area contributed by atoms with E-state index in [-0.39, 0.29) is 12.1 Å². The Morgan fingerprint density at radius 2 is 2.14 bits per heavy atom. The number of halogens is 1. The maximum Gasteiger partial charge on any atom is 0.167 e. The Hall–Kier alpha value is -0.390. The average molecular weight is 263 g/mol. The van der Waals surface area contributed by atoms with Gasteiger partial charge in [-0.05, 0) is 36.7 Å². The number of aliphatic hydroxyl groups excluding tert-OH is 1. The van der Waals surface area contributed by atoms with E-state index in [4.69, 9.17) is 9.63 Å². The zero-order valence-corrected chi connectivity index (χ0v) is 10.2. The second-order valence-corrected chi connectivity index (χ2v) is 4.89. The van der Waals surface area contributed by atoms with Crippen LogP contribution >= 0.6 is 15.9 Å². The first-order valence-corrected chi connectivity index (χ1v) is 5.22. The molecule has 0 aromatic carbocycles. The van der Waals surface area contributed by atoms with E-state index < -0.39 is 0 Å². The van der Waals surface area contributed by atoms with Crippen LogP contribution in [0.4, 0.5) is 0 Å². The van der Waals surface area contributed by atoms with Gasteiger partial charge in [-0.3, -0.25) is 0 Å². The molecule has 0 aliphatic heterocycles. The minimum atomic E-state index is -0.125.